The van der Waals surface area contributed by atoms with E-state index in [0.29, 0.717) is 18.1 Å². The highest BCUT2D eigenvalue weighted by Gasteiger charge is 2.58. The van der Waals surface area contributed by atoms with E-state index in [2.05, 4.69) is 57.2 Å². The van der Waals surface area contributed by atoms with E-state index in [4.69, 9.17) is 4.74 Å². The average Bonchev–Trinajstić information content (AvgIpc) is 2.34. The van der Waals surface area contributed by atoms with Gasteiger partial charge in [-0.3, -0.25) is 4.99 Å². The summed E-state index contributed by atoms with van der Waals surface area (Å²) in [7, 11) is 0. The van der Waals surface area contributed by atoms with Crippen molar-refractivity contribution < 1.29 is 4.74 Å². The van der Waals surface area contributed by atoms with Crippen LogP contribution in [-0.2, 0) is 4.74 Å². The van der Waals surface area contributed by atoms with Crippen molar-refractivity contribution in [2.45, 2.75) is 72.1 Å². The molecule has 116 valence electrons. The van der Waals surface area contributed by atoms with Gasteiger partial charge in [-0.25, -0.2) is 0 Å². The summed E-state index contributed by atoms with van der Waals surface area (Å²) < 4.78 is 5.96. The number of ether oxygens (including phenoxy) is 1. The van der Waals surface area contributed by atoms with Gasteiger partial charge in [-0.15, -0.1) is 0 Å². The molecule has 0 bridgehead atoms. The predicted octanol–water partition coefficient (Wildman–Crippen LogP) is 2.54. The van der Waals surface area contributed by atoms with Crippen LogP contribution >= 0.6 is 0 Å². The molecule has 20 heavy (non-hydrogen) atoms. The summed E-state index contributed by atoms with van der Waals surface area (Å²) in [6.07, 6.45) is 2.86. The zero-order chi connectivity index (χ0) is 15.0. The highest BCUT2D eigenvalue weighted by molar-refractivity contribution is 5.81. The normalized spacial score (nSPS) is 33.1. The number of nitrogens with zero attached hydrogens (tertiary/aromatic N) is 1. The van der Waals surface area contributed by atoms with Crippen LogP contribution in [0.2, 0.25) is 0 Å². The molecule has 0 aromatic rings. The summed E-state index contributed by atoms with van der Waals surface area (Å²) in [6.45, 7) is 14.9. The Labute approximate surface area is 123 Å². The van der Waals surface area contributed by atoms with E-state index in [-0.39, 0.29) is 11.0 Å². The maximum absolute atomic E-state index is 5.96. The first-order valence-electron chi connectivity index (χ1n) is 7.96. The molecule has 2 aliphatic rings. The lowest BCUT2D eigenvalue weighted by Crippen LogP contribution is -2.71. The molecule has 2 N–H and O–H groups in total. The molecule has 2 rings (SSSR count). The van der Waals surface area contributed by atoms with E-state index in [9.17, 15) is 0 Å². The third-order valence-electron chi connectivity index (χ3n) is 4.43. The largest absolute Gasteiger partial charge is 0.377 e. The first-order valence-corrected chi connectivity index (χ1v) is 7.96. The zero-order valence-electron chi connectivity index (χ0n) is 13.9. The molecule has 0 aromatic heterocycles. The summed E-state index contributed by atoms with van der Waals surface area (Å²) in [5.74, 6) is 1.56. The van der Waals surface area contributed by atoms with Gasteiger partial charge in [-0.1, -0.05) is 13.8 Å². The van der Waals surface area contributed by atoms with Crippen LogP contribution in [0, 0.1) is 11.3 Å². The Morgan fingerprint density at radius 3 is 2.65 bits per heavy atom. The Hall–Kier alpha value is -0.770. The highest BCUT2D eigenvalue weighted by Crippen LogP contribution is 2.51. The van der Waals surface area contributed by atoms with Gasteiger partial charge in [0, 0.05) is 36.1 Å². The molecule has 1 saturated heterocycles. The lowest BCUT2D eigenvalue weighted by molar-refractivity contribution is -0.188. The molecule has 3 unspecified atom stereocenters. The standard InChI is InChI=1S/C16H31N3O/c1-7-17-14(19-15(2,3)4)18-12-11-9-8-10-20-13(11)16(12,5)6/h11-13H,7-10H2,1-6H3,(H2,17,18,19). The molecule has 1 aliphatic carbocycles. The fourth-order valence-corrected chi connectivity index (χ4v) is 3.60. The van der Waals surface area contributed by atoms with Crippen molar-refractivity contribution in [2.24, 2.45) is 16.3 Å². The average molecular weight is 281 g/mol. The first kappa shape index (κ1) is 15.6. The SMILES string of the molecule is CCN=C(NC1C2CCCOC2C1(C)C)NC(C)(C)C. The maximum atomic E-state index is 5.96. The highest BCUT2D eigenvalue weighted by atomic mass is 16.5. The number of hydrogen-bond acceptors (Lipinski definition) is 2. The van der Waals surface area contributed by atoms with E-state index in [1.54, 1.807) is 0 Å². The fraction of sp³-hybridized carbons (Fsp3) is 0.938. The Bertz CT molecular complexity index is 370. The van der Waals surface area contributed by atoms with Gasteiger partial charge in [-0.05, 0) is 40.5 Å². The van der Waals surface area contributed by atoms with Crippen LogP contribution in [0.5, 0.6) is 0 Å². The van der Waals surface area contributed by atoms with Gasteiger partial charge in [0.15, 0.2) is 5.96 Å². The summed E-state index contributed by atoms with van der Waals surface area (Å²) in [6, 6.07) is 0.452. The van der Waals surface area contributed by atoms with Gasteiger partial charge in [0.2, 0.25) is 0 Å². The van der Waals surface area contributed by atoms with Crippen LogP contribution in [0.25, 0.3) is 0 Å². The summed E-state index contributed by atoms with van der Waals surface area (Å²) in [4.78, 5) is 4.59. The van der Waals surface area contributed by atoms with Crippen LogP contribution in [-0.4, -0.2) is 36.8 Å². The summed E-state index contributed by atoms with van der Waals surface area (Å²) >= 11 is 0. The molecule has 3 atom stereocenters. The topological polar surface area (TPSA) is 45.7 Å². The smallest absolute Gasteiger partial charge is 0.191 e. The Kier molecular flexibility index (Phi) is 4.33. The van der Waals surface area contributed by atoms with Crippen LogP contribution in [0.3, 0.4) is 0 Å². The quantitative estimate of drug-likeness (QED) is 0.604. The minimum absolute atomic E-state index is 0.0252. The van der Waals surface area contributed by atoms with E-state index in [1.807, 2.05) is 0 Å². The molecule has 4 nitrogen and oxygen atoms in total. The van der Waals surface area contributed by atoms with Gasteiger partial charge in [0.25, 0.3) is 0 Å². The van der Waals surface area contributed by atoms with Crippen molar-refractivity contribution in [3.8, 4) is 0 Å². The number of guanidine groups is 1. The van der Waals surface area contributed by atoms with Crippen LogP contribution in [0.15, 0.2) is 4.99 Å². The zero-order valence-corrected chi connectivity index (χ0v) is 13.9. The maximum Gasteiger partial charge on any atom is 0.191 e. The van der Waals surface area contributed by atoms with E-state index >= 15 is 0 Å². The Balaban J connectivity index is 2.05. The molecule has 0 spiro atoms. The lowest BCUT2D eigenvalue weighted by Gasteiger charge is -2.60. The first-order chi connectivity index (χ1) is 9.25. The molecule has 0 aromatic carbocycles. The Morgan fingerprint density at radius 2 is 2.05 bits per heavy atom. The van der Waals surface area contributed by atoms with Crippen molar-refractivity contribution in [1.82, 2.24) is 10.6 Å². The second-order valence-electron chi connectivity index (χ2n) is 7.74. The van der Waals surface area contributed by atoms with Crippen molar-refractivity contribution in [2.75, 3.05) is 13.2 Å². The van der Waals surface area contributed by atoms with Crippen LogP contribution in [0.4, 0.5) is 0 Å². The minimum Gasteiger partial charge on any atom is -0.377 e. The van der Waals surface area contributed by atoms with Crippen molar-refractivity contribution in [3.63, 3.8) is 0 Å². The Morgan fingerprint density at radius 1 is 1.35 bits per heavy atom. The van der Waals surface area contributed by atoms with Crippen molar-refractivity contribution >= 4 is 5.96 Å². The molecule has 1 saturated carbocycles. The van der Waals surface area contributed by atoms with Crippen molar-refractivity contribution in [1.29, 1.82) is 0 Å². The van der Waals surface area contributed by atoms with E-state index in [0.717, 1.165) is 19.1 Å². The molecule has 4 heteroatoms. The van der Waals surface area contributed by atoms with Gasteiger partial charge < -0.3 is 15.4 Å². The van der Waals surface area contributed by atoms with Gasteiger partial charge in [-0.2, -0.15) is 0 Å². The third-order valence-corrected chi connectivity index (χ3v) is 4.43. The van der Waals surface area contributed by atoms with E-state index in [1.165, 1.54) is 12.8 Å². The lowest BCUT2D eigenvalue weighted by atomic mass is 9.55. The molecule has 0 radical (unpaired) electrons. The van der Waals surface area contributed by atoms with Crippen LogP contribution < -0.4 is 10.6 Å². The van der Waals surface area contributed by atoms with Gasteiger partial charge in [0.1, 0.15) is 0 Å². The molecule has 1 aliphatic heterocycles. The second-order valence-corrected chi connectivity index (χ2v) is 7.74. The van der Waals surface area contributed by atoms with Gasteiger partial charge >= 0.3 is 0 Å². The number of fused-ring (bicyclic) bond motifs is 1. The molecular weight excluding hydrogens is 250 g/mol. The monoisotopic (exact) mass is 281 g/mol. The molecule has 2 fully saturated rings. The fourth-order valence-electron chi connectivity index (χ4n) is 3.60. The second kappa shape index (κ2) is 5.55. The summed E-state index contributed by atoms with van der Waals surface area (Å²) in [5.41, 5.74) is 0.205. The number of aliphatic imine (C=N–C) groups is 1. The predicted molar refractivity (Wildman–Crippen MR) is 84.0 cm³/mol. The molecular formula is C16H31N3O. The van der Waals surface area contributed by atoms with Crippen molar-refractivity contribution in [3.05, 3.63) is 0 Å². The molecule has 1 heterocycles. The molecule has 0 amide bonds. The number of nitrogens with one attached hydrogen (secondary N) is 2. The van der Waals surface area contributed by atoms with E-state index < -0.39 is 0 Å². The van der Waals surface area contributed by atoms with Gasteiger partial charge in [0.05, 0.1) is 6.10 Å². The number of rotatable bonds is 2. The number of hydrogen-bond donors (Lipinski definition) is 2. The van der Waals surface area contributed by atoms with Crippen LogP contribution in [0.1, 0.15) is 54.4 Å². The summed E-state index contributed by atoms with van der Waals surface area (Å²) in [5, 5.41) is 7.15. The third kappa shape index (κ3) is 3.11. The minimum atomic E-state index is 0.0252.